The van der Waals surface area contributed by atoms with Gasteiger partial charge in [0.15, 0.2) is 0 Å². The molecule has 0 bridgehead atoms. The molecule has 0 aliphatic carbocycles. The smallest absolute Gasteiger partial charge is 0.230 e. The molecule has 0 N–H and O–H groups in total. The van der Waals surface area contributed by atoms with Gasteiger partial charge in [-0.05, 0) is 35.9 Å². The Labute approximate surface area is 117 Å². The van der Waals surface area contributed by atoms with Crippen LogP contribution in [0.15, 0.2) is 73.3 Å². The molecule has 0 atom stereocenters. The lowest BCUT2D eigenvalue weighted by atomic mass is 10.2. The van der Waals surface area contributed by atoms with E-state index < -0.39 is 0 Å². The van der Waals surface area contributed by atoms with Crippen LogP contribution in [0.5, 0.6) is 0 Å². The number of hydrogen-bond acceptors (Lipinski definition) is 4. The van der Waals surface area contributed by atoms with Crippen LogP contribution >= 0.6 is 0 Å². The molecule has 2 aromatic heterocycles. The van der Waals surface area contributed by atoms with E-state index in [1.807, 2.05) is 36.4 Å². The van der Waals surface area contributed by atoms with E-state index >= 15 is 0 Å². The fourth-order valence-electron chi connectivity index (χ4n) is 1.99. The molecular weight excluding hydrogens is 248 g/mol. The van der Waals surface area contributed by atoms with Crippen molar-refractivity contribution in [2.24, 2.45) is 0 Å². The third-order valence-electron chi connectivity index (χ3n) is 2.95. The number of rotatable bonds is 4. The lowest BCUT2D eigenvalue weighted by Gasteiger charge is -2.22. The van der Waals surface area contributed by atoms with Crippen molar-refractivity contribution in [1.29, 1.82) is 0 Å². The maximum atomic E-state index is 4.35. The molecule has 0 spiro atoms. The number of benzene rings is 1. The zero-order valence-electron chi connectivity index (χ0n) is 10.9. The largest absolute Gasteiger partial charge is 0.306 e. The molecular formula is C16H14N4. The van der Waals surface area contributed by atoms with Crippen molar-refractivity contribution in [3.8, 4) is 0 Å². The maximum absolute atomic E-state index is 4.35. The van der Waals surface area contributed by atoms with Gasteiger partial charge in [0.25, 0.3) is 0 Å². The molecule has 4 nitrogen and oxygen atoms in total. The number of para-hydroxylation sites is 1. The Bertz CT molecular complexity index is 602. The second kappa shape index (κ2) is 5.93. The summed E-state index contributed by atoms with van der Waals surface area (Å²) in [6.07, 6.45) is 7.10. The minimum absolute atomic E-state index is 0.690. The van der Waals surface area contributed by atoms with Crippen molar-refractivity contribution in [3.63, 3.8) is 0 Å². The second-order valence-corrected chi connectivity index (χ2v) is 4.33. The molecule has 98 valence electrons. The highest BCUT2D eigenvalue weighted by Gasteiger charge is 2.11. The standard InChI is InChI=1S/C16H14N4/c1-2-5-15(6-3-1)20(16-18-9-4-10-19-16)13-14-7-11-17-12-8-14/h1-12H,13H2. The summed E-state index contributed by atoms with van der Waals surface area (Å²) in [5.41, 5.74) is 2.23. The van der Waals surface area contributed by atoms with E-state index in [-0.39, 0.29) is 0 Å². The quantitative estimate of drug-likeness (QED) is 0.724. The van der Waals surface area contributed by atoms with Crippen LogP contribution in [0, 0.1) is 0 Å². The first kappa shape index (κ1) is 12.3. The van der Waals surface area contributed by atoms with Gasteiger partial charge < -0.3 is 4.90 Å². The monoisotopic (exact) mass is 262 g/mol. The van der Waals surface area contributed by atoms with Crippen LogP contribution in [-0.4, -0.2) is 15.0 Å². The van der Waals surface area contributed by atoms with E-state index in [2.05, 4.69) is 32.0 Å². The minimum Gasteiger partial charge on any atom is -0.306 e. The van der Waals surface area contributed by atoms with Gasteiger partial charge in [-0.3, -0.25) is 4.98 Å². The summed E-state index contributed by atoms with van der Waals surface area (Å²) in [7, 11) is 0. The van der Waals surface area contributed by atoms with E-state index in [4.69, 9.17) is 0 Å². The van der Waals surface area contributed by atoms with Crippen LogP contribution in [0.2, 0.25) is 0 Å². The SMILES string of the molecule is c1ccc(N(Cc2ccncc2)c2ncccn2)cc1. The number of anilines is 2. The fraction of sp³-hybridized carbons (Fsp3) is 0.0625. The van der Waals surface area contributed by atoms with Crippen molar-refractivity contribution in [1.82, 2.24) is 15.0 Å². The predicted molar refractivity (Wildman–Crippen MR) is 78.6 cm³/mol. The van der Waals surface area contributed by atoms with Crippen molar-refractivity contribution in [2.45, 2.75) is 6.54 Å². The predicted octanol–water partition coefficient (Wildman–Crippen LogP) is 3.21. The number of pyridine rings is 1. The molecule has 0 amide bonds. The minimum atomic E-state index is 0.690. The average molecular weight is 262 g/mol. The van der Waals surface area contributed by atoms with Gasteiger partial charge in [-0.25, -0.2) is 9.97 Å². The van der Waals surface area contributed by atoms with Gasteiger partial charge in [-0.2, -0.15) is 0 Å². The van der Waals surface area contributed by atoms with Gasteiger partial charge in [0, 0.05) is 30.5 Å². The highest BCUT2D eigenvalue weighted by Crippen LogP contribution is 2.23. The Kier molecular flexibility index (Phi) is 3.64. The van der Waals surface area contributed by atoms with Gasteiger partial charge >= 0.3 is 0 Å². The van der Waals surface area contributed by atoms with Crippen molar-refractivity contribution in [2.75, 3.05) is 4.90 Å². The summed E-state index contributed by atoms with van der Waals surface area (Å²) in [5, 5.41) is 0. The lowest BCUT2D eigenvalue weighted by Crippen LogP contribution is -2.18. The highest BCUT2D eigenvalue weighted by molar-refractivity contribution is 5.56. The second-order valence-electron chi connectivity index (χ2n) is 4.33. The summed E-state index contributed by atoms with van der Waals surface area (Å²) in [5.74, 6) is 0.690. The highest BCUT2D eigenvalue weighted by atomic mass is 15.2. The topological polar surface area (TPSA) is 41.9 Å². The zero-order valence-corrected chi connectivity index (χ0v) is 10.9. The van der Waals surface area contributed by atoms with Gasteiger partial charge in [0.1, 0.15) is 0 Å². The Hall–Kier alpha value is -2.75. The molecule has 4 heteroatoms. The van der Waals surface area contributed by atoms with Crippen molar-refractivity contribution >= 4 is 11.6 Å². The molecule has 20 heavy (non-hydrogen) atoms. The first-order valence-electron chi connectivity index (χ1n) is 6.42. The molecule has 2 heterocycles. The maximum Gasteiger partial charge on any atom is 0.230 e. The molecule has 0 unspecified atom stereocenters. The lowest BCUT2D eigenvalue weighted by molar-refractivity contribution is 0.909. The normalized spacial score (nSPS) is 10.2. The zero-order chi connectivity index (χ0) is 13.6. The van der Waals surface area contributed by atoms with Gasteiger partial charge in [0.2, 0.25) is 5.95 Å². The van der Waals surface area contributed by atoms with Crippen LogP contribution in [0.4, 0.5) is 11.6 Å². The Morgan fingerprint density at radius 2 is 1.45 bits per heavy atom. The number of aromatic nitrogens is 3. The Balaban J connectivity index is 1.96. The van der Waals surface area contributed by atoms with Crippen LogP contribution in [-0.2, 0) is 6.54 Å². The summed E-state index contributed by atoms with van der Waals surface area (Å²) in [6, 6.07) is 15.9. The third-order valence-corrected chi connectivity index (χ3v) is 2.95. The van der Waals surface area contributed by atoms with Crippen LogP contribution in [0.25, 0.3) is 0 Å². The summed E-state index contributed by atoms with van der Waals surface area (Å²) in [4.78, 5) is 14.8. The van der Waals surface area contributed by atoms with Gasteiger partial charge in [0.05, 0.1) is 6.54 Å². The third kappa shape index (κ3) is 2.80. The molecule has 3 aromatic rings. The van der Waals surface area contributed by atoms with Crippen molar-refractivity contribution < 1.29 is 0 Å². The summed E-state index contributed by atoms with van der Waals surface area (Å²) >= 11 is 0. The molecule has 0 radical (unpaired) electrons. The first-order valence-corrected chi connectivity index (χ1v) is 6.42. The number of hydrogen-bond donors (Lipinski definition) is 0. The van der Waals surface area contributed by atoms with Crippen molar-refractivity contribution in [3.05, 3.63) is 78.9 Å². The van der Waals surface area contributed by atoms with Gasteiger partial charge in [-0.15, -0.1) is 0 Å². The molecule has 0 aliphatic rings. The van der Waals surface area contributed by atoms with Crippen LogP contribution in [0.1, 0.15) is 5.56 Å². The molecule has 0 aliphatic heterocycles. The Morgan fingerprint density at radius 1 is 0.750 bits per heavy atom. The van der Waals surface area contributed by atoms with Crippen LogP contribution < -0.4 is 4.90 Å². The van der Waals surface area contributed by atoms with Gasteiger partial charge in [-0.1, -0.05) is 18.2 Å². The summed E-state index contributed by atoms with van der Waals surface area (Å²) < 4.78 is 0. The first-order chi connectivity index (χ1) is 9.93. The van der Waals surface area contributed by atoms with E-state index in [0.29, 0.717) is 12.5 Å². The average Bonchev–Trinajstić information content (AvgIpc) is 2.55. The van der Waals surface area contributed by atoms with E-state index in [1.165, 1.54) is 0 Å². The molecule has 0 saturated carbocycles. The van der Waals surface area contributed by atoms with E-state index in [9.17, 15) is 0 Å². The van der Waals surface area contributed by atoms with Crippen LogP contribution in [0.3, 0.4) is 0 Å². The number of nitrogens with zero attached hydrogens (tertiary/aromatic N) is 4. The molecule has 1 aromatic carbocycles. The molecule has 0 saturated heterocycles. The van der Waals surface area contributed by atoms with E-state index in [1.54, 1.807) is 24.8 Å². The van der Waals surface area contributed by atoms with E-state index in [0.717, 1.165) is 11.3 Å². The molecule has 0 fully saturated rings. The summed E-state index contributed by atoms with van der Waals surface area (Å²) in [6.45, 7) is 0.705. The fourth-order valence-corrected chi connectivity index (χ4v) is 1.99. The Morgan fingerprint density at radius 3 is 2.15 bits per heavy atom. The molecule has 3 rings (SSSR count).